The van der Waals surface area contributed by atoms with Crippen LogP contribution in [0, 0.1) is 5.92 Å². The van der Waals surface area contributed by atoms with Gasteiger partial charge >= 0.3 is 0 Å². The van der Waals surface area contributed by atoms with Crippen LogP contribution in [0.2, 0.25) is 0 Å². The first-order chi connectivity index (χ1) is 8.84. The number of imidazole rings is 1. The van der Waals surface area contributed by atoms with E-state index in [0.29, 0.717) is 11.7 Å². The number of aromatic amines is 1. The molecular formula is C13H20N4O. The van der Waals surface area contributed by atoms with Crippen molar-refractivity contribution in [3.8, 4) is 0 Å². The lowest BCUT2D eigenvalue weighted by Crippen LogP contribution is -2.43. The Morgan fingerprint density at radius 3 is 2.78 bits per heavy atom. The molecule has 2 fully saturated rings. The van der Waals surface area contributed by atoms with E-state index >= 15 is 0 Å². The summed E-state index contributed by atoms with van der Waals surface area (Å²) in [7, 11) is 0. The van der Waals surface area contributed by atoms with Gasteiger partial charge in [-0.2, -0.15) is 0 Å². The fourth-order valence-electron chi connectivity index (χ4n) is 3.16. The molecule has 1 aromatic rings. The van der Waals surface area contributed by atoms with Crippen LogP contribution in [0.4, 0.5) is 0 Å². The number of hydrogen-bond acceptors (Lipinski definition) is 3. The number of piperidine rings is 1. The molecule has 3 heterocycles. The van der Waals surface area contributed by atoms with Gasteiger partial charge in [0.05, 0.1) is 12.5 Å². The lowest BCUT2D eigenvalue weighted by atomic mass is 9.88. The largest absolute Gasteiger partial charge is 0.341 e. The standard InChI is InChI=1S/C13H20N4O/c18-13(12-8-14-9-16-12)17-6-3-10(4-7-17)11-2-1-5-15-11/h8-11,15H,1-7H2,(H,14,16). The topological polar surface area (TPSA) is 61.0 Å². The normalized spacial score (nSPS) is 25.6. The van der Waals surface area contributed by atoms with Crippen molar-refractivity contribution >= 4 is 5.91 Å². The monoisotopic (exact) mass is 248 g/mol. The number of H-pyrrole nitrogens is 1. The Balaban J connectivity index is 1.55. The molecule has 2 N–H and O–H groups in total. The second-order valence-electron chi connectivity index (χ2n) is 5.30. The van der Waals surface area contributed by atoms with E-state index in [2.05, 4.69) is 15.3 Å². The minimum atomic E-state index is 0.0883. The Morgan fingerprint density at radius 2 is 2.17 bits per heavy atom. The van der Waals surface area contributed by atoms with Gasteiger partial charge in [0.2, 0.25) is 0 Å². The van der Waals surface area contributed by atoms with Crippen LogP contribution in [-0.4, -0.2) is 46.5 Å². The quantitative estimate of drug-likeness (QED) is 0.821. The fraction of sp³-hybridized carbons (Fsp3) is 0.692. The summed E-state index contributed by atoms with van der Waals surface area (Å²) in [6.07, 6.45) is 8.02. The molecule has 3 rings (SSSR count). The zero-order valence-electron chi connectivity index (χ0n) is 10.6. The van der Waals surface area contributed by atoms with Gasteiger partial charge in [0.1, 0.15) is 5.69 Å². The highest BCUT2D eigenvalue weighted by molar-refractivity contribution is 5.92. The molecule has 0 aromatic carbocycles. The van der Waals surface area contributed by atoms with Crippen molar-refractivity contribution in [1.82, 2.24) is 20.2 Å². The van der Waals surface area contributed by atoms with Crippen molar-refractivity contribution < 1.29 is 4.79 Å². The summed E-state index contributed by atoms with van der Waals surface area (Å²) in [5.41, 5.74) is 0.604. The predicted molar refractivity (Wildman–Crippen MR) is 68.2 cm³/mol. The van der Waals surface area contributed by atoms with E-state index in [1.54, 1.807) is 12.5 Å². The zero-order valence-corrected chi connectivity index (χ0v) is 10.6. The van der Waals surface area contributed by atoms with Crippen LogP contribution in [0.3, 0.4) is 0 Å². The highest BCUT2D eigenvalue weighted by atomic mass is 16.2. The summed E-state index contributed by atoms with van der Waals surface area (Å²) in [6.45, 7) is 2.92. The molecule has 1 amide bonds. The maximum Gasteiger partial charge on any atom is 0.271 e. The molecule has 5 nitrogen and oxygen atoms in total. The number of rotatable bonds is 2. The maximum atomic E-state index is 12.1. The minimum Gasteiger partial charge on any atom is -0.341 e. The molecule has 18 heavy (non-hydrogen) atoms. The highest BCUT2D eigenvalue weighted by Crippen LogP contribution is 2.26. The molecule has 1 aromatic heterocycles. The van der Waals surface area contributed by atoms with Crippen molar-refractivity contribution in [1.29, 1.82) is 0 Å². The summed E-state index contributed by atoms with van der Waals surface area (Å²) in [5, 5.41) is 3.58. The number of likely N-dealkylation sites (tertiary alicyclic amines) is 1. The van der Waals surface area contributed by atoms with E-state index in [9.17, 15) is 4.79 Å². The Hall–Kier alpha value is -1.36. The number of hydrogen-bond donors (Lipinski definition) is 2. The van der Waals surface area contributed by atoms with E-state index in [0.717, 1.165) is 38.4 Å². The molecule has 1 unspecified atom stereocenters. The van der Waals surface area contributed by atoms with Crippen molar-refractivity contribution in [2.45, 2.75) is 31.7 Å². The zero-order chi connectivity index (χ0) is 12.4. The van der Waals surface area contributed by atoms with Gasteiger partial charge in [-0.25, -0.2) is 4.98 Å². The van der Waals surface area contributed by atoms with E-state index in [1.807, 2.05) is 4.90 Å². The van der Waals surface area contributed by atoms with Crippen LogP contribution in [-0.2, 0) is 0 Å². The van der Waals surface area contributed by atoms with Gasteiger partial charge in [0.25, 0.3) is 5.91 Å². The number of aromatic nitrogens is 2. The van der Waals surface area contributed by atoms with Crippen LogP contribution >= 0.6 is 0 Å². The molecular weight excluding hydrogens is 228 g/mol. The van der Waals surface area contributed by atoms with E-state index < -0.39 is 0 Å². The van der Waals surface area contributed by atoms with Crippen LogP contribution in [0.1, 0.15) is 36.2 Å². The van der Waals surface area contributed by atoms with Gasteiger partial charge in [-0.05, 0) is 38.1 Å². The third-order valence-corrected chi connectivity index (χ3v) is 4.22. The lowest BCUT2D eigenvalue weighted by molar-refractivity contribution is 0.0669. The molecule has 98 valence electrons. The molecule has 2 aliphatic rings. The predicted octanol–water partition coefficient (Wildman–Crippen LogP) is 1.01. The van der Waals surface area contributed by atoms with E-state index in [-0.39, 0.29) is 5.91 Å². The second-order valence-corrected chi connectivity index (χ2v) is 5.30. The average molecular weight is 248 g/mol. The van der Waals surface area contributed by atoms with Gasteiger partial charge in [-0.3, -0.25) is 4.79 Å². The first kappa shape index (κ1) is 11.7. The third-order valence-electron chi connectivity index (χ3n) is 4.22. The molecule has 0 radical (unpaired) electrons. The summed E-state index contributed by atoms with van der Waals surface area (Å²) in [5.74, 6) is 0.837. The van der Waals surface area contributed by atoms with E-state index in [1.165, 1.54) is 12.8 Å². The van der Waals surface area contributed by atoms with Crippen molar-refractivity contribution in [2.75, 3.05) is 19.6 Å². The second kappa shape index (κ2) is 5.10. The van der Waals surface area contributed by atoms with Gasteiger partial charge in [0.15, 0.2) is 0 Å². The van der Waals surface area contributed by atoms with E-state index in [4.69, 9.17) is 0 Å². The van der Waals surface area contributed by atoms with Gasteiger partial charge in [-0.15, -0.1) is 0 Å². The molecule has 1 atom stereocenters. The number of amides is 1. The summed E-state index contributed by atoms with van der Waals surface area (Å²) < 4.78 is 0. The van der Waals surface area contributed by atoms with Gasteiger partial charge in [-0.1, -0.05) is 0 Å². The molecule has 0 saturated carbocycles. The summed E-state index contributed by atoms with van der Waals surface area (Å²) in [6, 6.07) is 0.689. The van der Waals surface area contributed by atoms with Crippen molar-refractivity contribution in [3.05, 3.63) is 18.2 Å². The molecule has 0 spiro atoms. The molecule has 2 saturated heterocycles. The fourth-order valence-corrected chi connectivity index (χ4v) is 3.16. The summed E-state index contributed by atoms with van der Waals surface area (Å²) in [4.78, 5) is 20.9. The van der Waals surface area contributed by atoms with Gasteiger partial charge < -0.3 is 15.2 Å². The van der Waals surface area contributed by atoms with Crippen LogP contribution in [0.25, 0.3) is 0 Å². The highest BCUT2D eigenvalue weighted by Gasteiger charge is 2.30. The van der Waals surface area contributed by atoms with Crippen LogP contribution in [0.15, 0.2) is 12.5 Å². The Labute approximate surface area is 107 Å². The first-order valence-electron chi connectivity index (χ1n) is 6.85. The Bertz CT molecular complexity index is 389. The smallest absolute Gasteiger partial charge is 0.271 e. The molecule has 5 heteroatoms. The number of nitrogens with one attached hydrogen (secondary N) is 2. The third kappa shape index (κ3) is 2.27. The number of carbonyl (C=O) groups excluding carboxylic acids is 1. The van der Waals surface area contributed by atoms with Crippen molar-refractivity contribution in [2.24, 2.45) is 5.92 Å². The molecule has 0 bridgehead atoms. The Morgan fingerprint density at radius 1 is 1.33 bits per heavy atom. The number of nitrogens with zero attached hydrogens (tertiary/aromatic N) is 2. The van der Waals surface area contributed by atoms with Crippen LogP contribution < -0.4 is 5.32 Å². The summed E-state index contributed by atoms with van der Waals surface area (Å²) >= 11 is 0. The molecule has 0 aliphatic carbocycles. The van der Waals surface area contributed by atoms with Crippen LogP contribution in [0.5, 0.6) is 0 Å². The Kier molecular flexibility index (Phi) is 3.32. The lowest BCUT2D eigenvalue weighted by Gasteiger charge is -2.34. The van der Waals surface area contributed by atoms with Crippen molar-refractivity contribution in [3.63, 3.8) is 0 Å². The average Bonchev–Trinajstić information content (AvgIpc) is 3.11. The molecule has 2 aliphatic heterocycles. The number of carbonyl (C=O) groups is 1. The SMILES string of the molecule is O=C(c1cnc[nH]1)N1CCC(C2CCCN2)CC1. The first-order valence-corrected chi connectivity index (χ1v) is 6.85. The maximum absolute atomic E-state index is 12.1. The minimum absolute atomic E-state index is 0.0883. The van der Waals surface area contributed by atoms with Gasteiger partial charge in [0, 0.05) is 19.1 Å².